The summed E-state index contributed by atoms with van der Waals surface area (Å²) >= 11 is 0. The number of nitrogens with zero attached hydrogens (tertiary/aromatic N) is 1. The number of nitriles is 1. The summed E-state index contributed by atoms with van der Waals surface area (Å²) in [6.45, 7) is 0. The molecule has 0 bridgehead atoms. The summed E-state index contributed by atoms with van der Waals surface area (Å²) in [5.74, 6) is -0.728. The van der Waals surface area contributed by atoms with Gasteiger partial charge in [-0.3, -0.25) is 4.79 Å². The number of carbonyl (C=O) groups excluding carboxylic acids is 1. The minimum absolute atomic E-state index is 0.508. The lowest BCUT2D eigenvalue weighted by atomic mass is 10.0. The summed E-state index contributed by atoms with van der Waals surface area (Å²) in [5.41, 5.74) is 4.44. The number of nitrogens with two attached hydrogens (primary N) is 1. The molecule has 1 aromatic rings. The zero-order valence-electron chi connectivity index (χ0n) is 7.31. The Kier molecular flexibility index (Phi) is 1.76. The van der Waals surface area contributed by atoms with Crippen LogP contribution in [0, 0.1) is 11.3 Å². The second kappa shape index (κ2) is 2.82. The lowest BCUT2D eigenvalue weighted by Crippen LogP contribution is -2.31. The van der Waals surface area contributed by atoms with Crippen LogP contribution in [0.1, 0.15) is 11.7 Å². The van der Waals surface area contributed by atoms with E-state index in [1.165, 1.54) is 0 Å². The van der Waals surface area contributed by atoms with Crippen LogP contribution in [0.15, 0.2) is 30.3 Å². The number of primary amides is 1. The Morgan fingerprint density at radius 2 is 2.14 bits per heavy atom. The van der Waals surface area contributed by atoms with Crippen molar-refractivity contribution in [3.63, 3.8) is 0 Å². The van der Waals surface area contributed by atoms with Crippen LogP contribution in [0.4, 0.5) is 0 Å². The molecule has 1 aliphatic rings. The predicted molar refractivity (Wildman–Crippen MR) is 47.8 cm³/mol. The fourth-order valence-corrected chi connectivity index (χ4v) is 1.41. The standard InChI is InChI=1S/C10H8N2O2/c11-6-10(9(12)13)8(14-10)7-4-2-1-3-5-7/h1-5,8H,(H2,12,13)/t8-,10+/m0/s1. The molecule has 14 heavy (non-hydrogen) atoms. The number of benzene rings is 1. The highest BCUT2D eigenvalue weighted by atomic mass is 16.6. The summed E-state index contributed by atoms with van der Waals surface area (Å²) in [6, 6.07) is 10.9. The Morgan fingerprint density at radius 1 is 1.50 bits per heavy atom. The maximum absolute atomic E-state index is 11.0. The minimum atomic E-state index is -1.44. The molecule has 1 aromatic carbocycles. The Bertz CT molecular complexity index is 410. The van der Waals surface area contributed by atoms with Crippen molar-refractivity contribution in [3.8, 4) is 6.07 Å². The Labute approximate surface area is 80.9 Å². The molecule has 1 saturated heterocycles. The van der Waals surface area contributed by atoms with Gasteiger partial charge in [-0.1, -0.05) is 30.3 Å². The average molecular weight is 188 g/mol. The van der Waals surface area contributed by atoms with Crippen LogP contribution < -0.4 is 5.73 Å². The van der Waals surface area contributed by atoms with Gasteiger partial charge in [-0.2, -0.15) is 5.26 Å². The quantitative estimate of drug-likeness (QED) is 0.686. The summed E-state index contributed by atoms with van der Waals surface area (Å²) in [6.07, 6.45) is -0.508. The molecule has 2 atom stereocenters. The molecule has 70 valence electrons. The molecule has 0 aromatic heterocycles. The Hall–Kier alpha value is -1.86. The van der Waals surface area contributed by atoms with Crippen molar-refractivity contribution in [2.75, 3.05) is 0 Å². The molecule has 4 heteroatoms. The maximum atomic E-state index is 11.0. The normalized spacial score (nSPS) is 29.2. The monoisotopic (exact) mass is 188 g/mol. The highest BCUT2D eigenvalue weighted by Crippen LogP contribution is 2.48. The molecule has 0 saturated carbocycles. The Balaban J connectivity index is 2.28. The van der Waals surface area contributed by atoms with E-state index in [2.05, 4.69) is 0 Å². The molecule has 0 unspecified atom stereocenters. The number of carbonyl (C=O) groups is 1. The van der Waals surface area contributed by atoms with Gasteiger partial charge in [-0.05, 0) is 5.56 Å². The van der Waals surface area contributed by atoms with Gasteiger partial charge in [0, 0.05) is 0 Å². The average Bonchev–Trinajstić information content (AvgIpc) is 2.95. The first-order valence-corrected chi connectivity index (χ1v) is 4.14. The smallest absolute Gasteiger partial charge is 0.267 e. The van der Waals surface area contributed by atoms with E-state index in [9.17, 15) is 4.79 Å². The van der Waals surface area contributed by atoms with Crippen molar-refractivity contribution < 1.29 is 9.53 Å². The highest BCUT2D eigenvalue weighted by Gasteiger charge is 2.63. The number of rotatable bonds is 2. The van der Waals surface area contributed by atoms with Crippen molar-refractivity contribution >= 4 is 5.91 Å². The van der Waals surface area contributed by atoms with Crippen LogP contribution in [0.5, 0.6) is 0 Å². The molecule has 0 aliphatic carbocycles. The zero-order valence-corrected chi connectivity index (χ0v) is 7.31. The van der Waals surface area contributed by atoms with Gasteiger partial charge in [0.15, 0.2) is 0 Å². The van der Waals surface area contributed by atoms with Gasteiger partial charge in [0.25, 0.3) is 11.5 Å². The number of hydrogen-bond acceptors (Lipinski definition) is 3. The van der Waals surface area contributed by atoms with Crippen molar-refractivity contribution in [2.24, 2.45) is 5.73 Å². The third-order valence-electron chi connectivity index (χ3n) is 2.25. The highest BCUT2D eigenvalue weighted by molar-refractivity contribution is 5.90. The van der Waals surface area contributed by atoms with Crippen LogP contribution in [-0.4, -0.2) is 11.5 Å². The van der Waals surface area contributed by atoms with Crippen molar-refractivity contribution in [2.45, 2.75) is 11.7 Å². The van der Waals surface area contributed by atoms with Crippen molar-refractivity contribution in [1.29, 1.82) is 5.26 Å². The molecule has 4 nitrogen and oxygen atoms in total. The molecule has 1 heterocycles. The molecule has 1 amide bonds. The van der Waals surface area contributed by atoms with E-state index >= 15 is 0 Å². The molecular weight excluding hydrogens is 180 g/mol. The second-order valence-electron chi connectivity index (χ2n) is 3.12. The molecular formula is C10H8N2O2. The van der Waals surface area contributed by atoms with Gasteiger partial charge in [0.05, 0.1) is 0 Å². The second-order valence-corrected chi connectivity index (χ2v) is 3.12. The number of amides is 1. The van der Waals surface area contributed by atoms with Gasteiger partial charge >= 0.3 is 0 Å². The summed E-state index contributed by atoms with van der Waals surface area (Å²) in [5, 5.41) is 8.78. The zero-order chi connectivity index (χ0) is 10.2. The largest absolute Gasteiger partial charge is 0.366 e. The third kappa shape index (κ3) is 1.07. The summed E-state index contributed by atoms with van der Waals surface area (Å²) in [7, 11) is 0. The van der Waals surface area contributed by atoms with Gasteiger partial charge < -0.3 is 10.5 Å². The molecule has 2 N–H and O–H groups in total. The summed E-state index contributed by atoms with van der Waals surface area (Å²) < 4.78 is 5.07. The van der Waals surface area contributed by atoms with E-state index in [4.69, 9.17) is 15.7 Å². The van der Waals surface area contributed by atoms with E-state index in [-0.39, 0.29) is 0 Å². The van der Waals surface area contributed by atoms with Crippen LogP contribution in [0.3, 0.4) is 0 Å². The maximum Gasteiger partial charge on any atom is 0.267 e. The van der Waals surface area contributed by atoms with Gasteiger partial charge in [-0.25, -0.2) is 0 Å². The van der Waals surface area contributed by atoms with Crippen LogP contribution in [-0.2, 0) is 9.53 Å². The van der Waals surface area contributed by atoms with Gasteiger partial charge in [0.2, 0.25) is 0 Å². The van der Waals surface area contributed by atoms with E-state index in [1.807, 2.05) is 18.2 Å². The number of hydrogen-bond donors (Lipinski definition) is 1. The number of epoxide rings is 1. The first kappa shape index (κ1) is 8.73. The van der Waals surface area contributed by atoms with E-state index in [1.54, 1.807) is 18.2 Å². The van der Waals surface area contributed by atoms with Crippen molar-refractivity contribution in [3.05, 3.63) is 35.9 Å². The van der Waals surface area contributed by atoms with Crippen LogP contribution in [0.25, 0.3) is 0 Å². The summed E-state index contributed by atoms with van der Waals surface area (Å²) in [4.78, 5) is 11.0. The SMILES string of the molecule is N#C[C@@]1(C(N)=O)O[C@H]1c1ccccc1. The predicted octanol–water partition coefficient (Wildman–Crippen LogP) is 0.506. The van der Waals surface area contributed by atoms with Gasteiger partial charge in [0.1, 0.15) is 12.2 Å². The Morgan fingerprint density at radius 3 is 2.57 bits per heavy atom. The third-order valence-corrected chi connectivity index (χ3v) is 2.25. The molecule has 1 fully saturated rings. The van der Waals surface area contributed by atoms with Crippen LogP contribution in [0.2, 0.25) is 0 Å². The molecule has 0 spiro atoms. The molecule has 0 radical (unpaired) electrons. The van der Waals surface area contributed by atoms with E-state index in [0.29, 0.717) is 0 Å². The fourth-order valence-electron chi connectivity index (χ4n) is 1.41. The minimum Gasteiger partial charge on any atom is -0.366 e. The fraction of sp³-hybridized carbons (Fsp3) is 0.200. The van der Waals surface area contributed by atoms with E-state index in [0.717, 1.165) is 5.56 Å². The first-order valence-electron chi connectivity index (χ1n) is 4.14. The first-order chi connectivity index (χ1) is 6.70. The van der Waals surface area contributed by atoms with Crippen molar-refractivity contribution in [1.82, 2.24) is 0 Å². The van der Waals surface area contributed by atoms with E-state index < -0.39 is 17.6 Å². The van der Waals surface area contributed by atoms with Crippen LogP contribution >= 0.6 is 0 Å². The van der Waals surface area contributed by atoms with Gasteiger partial charge in [-0.15, -0.1) is 0 Å². The molecule has 1 aliphatic heterocycles. The lowest BCUT2D eigenvalue weighted by Gasteiger charge is -1.97. The topological polar surface area (TPSA) is 79.4 Å². The number of ether oxygens (including phenoxy) is 1. The lowest BCUT2D eigenvalue weighted by molar-refractivity contribution is -0.121. The molecule has 2 rings (SSSR count).